The number of alkyl halides is 3. The van der Waals surface area contributed by atoms with E-state index in [-0.39, 0.29) is 12.3 Å². The molecule has 94 valence electrons. The summed E-state index contributed by atoms with van der Waals surface area (Å²) in [5, 5.41) is 9.14. The molecule has 0 aromatic heterocycles. The Hall–Kier alpha value is -1.03. The van der Waals surface area contributed by atoms with E-state index in [2.05, 4.69) is 0 Å². The van der Waals surface area contributed by atoms with Crippen LogP contribution in [0, 0.1) is 0 Å². The second kappa shape index (κ2) is 4.69. The average molecular weight is 244 g/mol. The van der Waals surface area contributed by atoms with Crippen LogP contribution in [0.3, 0.4) is 0 Å². The Bertz CT molecular complexity index is 386. The number of aliphatic hydroxyl groups is 1. The van der Waals surface area contributed by atoms with Crippen molar-refractivity contribution in [2.45, 2.75) is 43.9 Å². The molecule has 0 spiro atoms. The van der Waals surface area contributed by atoms with E-state index in [4.69, 9.17) is 5.11 Å². The van der Waals surface area contributed by atoms with Gasteiger partial charge in [0.1, 0.15) is 6.10 Å². The van der Waals surface area contributed by atoms with E-state index in [1.807, 2.05) is 24.3 Å². The van der Waals surface area contributed by atoms with E-state index < -0.39 is 12.3 Å². The number of fused-ring (bicyclic) bond motifs is 1. The number of benzene rings is 1. The van der Waals surface area contributed by atoms with Crippen molar-refractivity contribution in [3.63, 3.8) is 0 Å². The normalized spacial score (nSPS) is 22.0. The Labute approximate surface area is 98.3 Å². The van der Waals surface area contributed by atoms with Gasteiger partial charge in [-0.3, -0.25) is 0 Å². The molecule has 0 saturated heterocycles. The second-order valence-corrected chi connectivity index (χ2v) is 4.58. The van der Waals surface area contributed by atoms with Crippen molar-refractivity contribution in [1.82, 2.24) is 0 Å². The van der Waals surface area contributed by atoms with Crippen molar-refractivity contribution in [2.24, 2.45) is 0 Å². The highest BCUT2D eigenvalue weighted by Crippen LogP contribution is 2.37. The summed E-state index contributed by atoms with van der Waals surface area (Å²) >= 11 is 0. The summed E-state index contributed by atoms with van der Waals surface area (Å²) in [6, 6.07) is 7.59. The second-order valence-electron chi connectivity index (χ2n) is 4.58. The summed E-state index contributed by atoms with van der Waals surface area (Å²) in [7, 11) is 0. The lowest BCUT2D eigenvalue weighted by atomic mass is 9.80. The maximum atomic E-state index is 12.3. The van der Waals surface area contributed by atoms with Gasteiger partial charge in [-0.25, -0.2) is 0 Å². The van der Waals surface area contributed by atoms with Crippen LogP contribution in [0.25, 0.3) is 0 Å². The molecular formula is C13H15F3O. The molecule has 1 aliphatic carbocycles. The first-order valence-electron chi connectivity index (χ1n) is 5.81. The maximum absolute atomic E-state index is 12.3. The third kappa shape index (κ3) is 2.80. The molecule has 1 N–H and O–H groups in total. The maximum Gasteiger partial charge on any atom is 0.414 e. The third-order valence-electron chi connectivity index (χ3n) is 3.38. The van der Waals surface area contributed by atoms with Gasteiger partial charge in [-0.1, -0.05) is 24.3 Å². The minimum absolute atomic E-state index is 0.170. The Morgan fingerprint density at radius 2 is 2.00 bits per heavy atom. The molecule has 2 rings (SSSR count). The molecule has 0 heterocycles. The zero-order valence-electron chi connectivity index (χ0n) is 9.37. The molecule has 2 atom stereocenters. The smallest absolute Gasteiger partial charge is 0.384 e. The molecule has 1 aromatic carbocycles. The summed E-state index contributed by atoms with van der Waals surface area (Å²) in [5.74, 6) is -0.170. The first-order valence-corrected chi connectivity index (χ1v) is 5.81. The van der Waals surface area contributed by atoms with Gasteiger partial charge in [0, 0.05) is 0 Å². The van der Waals surface area contributed by atoms with Crippen LogP contribution in [-0.2, 0) is 6.42 Å². The molecule has 0 radical (unpaired) electrons. The molecular weight excluding hydrogens is 229 g/mol. The molecule has 0 bridgehead atoms. The fourth-order valence-electron chi connectivity index (χ4n) is 2.50. The molecule has 17 heavy (non-hydrogen) atoms. The summed E-state index contributed by atoms with van der Waals surface area (Å²) in [6.45, 7) is 0. The van der Waals surface area contributed by atoms with Gasteiger partial charge in [-0.05, 0) is 42.7 Å². The van der Waals surface area contributed by atoms with Crippen LogP contribution in [0.5, 0.6) is 0 Å². The van der Waals surface area contributed by atoms with Crippen molar-refractivity contribution in [2.75, 3.05) is 0 Å². The Kier molecular flexibility index (Phi) is 3.43. The van der Waals surface area contributed by atoms with Crippen molar-refractivity contribution >= 4 is 0 Å². The monoisotopic (exact) mass is 244 g/mol. The standard InChI is InChI=1S/C13H15F3O/c14-13(15,16)12(17)8-10-6-3-5-9-4-1-2-7-11(9)10/h1-2,4,7,10,12,17H,3,5-6,8H2/t10?,12-/m1/s1. The van der Waals surface area contributed by atoms with Crippen LogP contribution in [0.4, 0.5) is 13.2 Å². The number of hydrogen-bond donors (Lipinski definition) is 1. The Balaban J connectivity index is 2.14. The highest BCUT2D eigenvalue weighted by molar-refractivity contribution is 5.32. The Morgan fingerprint density at radius 1 is 1.29 bits per heavy atom. The molecule has 4 heteroatoms. The van der Waals surface area contributed by atoms with E-state index in [1.165, 1.54) is 0 Å². The van der Waals surface area contributed by atoms with Gasteiger partial charge >= 0.3 is 6.18 Å². The van der Waals surface area contributed by atoms with Gasteiger partial charge in [0.2, 0.25) is 0 Å². The van der Waals surface area contributed by atoms with Crippen molar-refractivity contribution in [1.29, 1.82) is 0 Å². The summed E-state index contributed by atoms with van der Waals surface area (Å²) in [5.41, 5.74) is 2.10. The predicted molar refractivity (Wildman–Crippen MR) is 58.8 cm³/mol. The lowest BCUT2D eigenvalue weighted by Crippen LogP contribution is -2.31. The number of aliphatic hydroxyl groups excluding tert-OH is 1. The van der Waals surface area contributed by atoms with Gasteiger partial charge in [-0.15, -0.1) is 0 Å². The summed E-state index contributed by atoms with van der Waals surface area (Å²) in [4.78, 5) is 0. The van der Waals surface area contributed by atoms with Crippen molar-refractivity contribution in [3.05, 3.63) is 35.4 Å². The Morgan fingerprint density at radius 3 is 2.71 bits per heavy atom. The molecule has 1 unspecified atom stereocenters. The van der Waals surface area contributed by atoms with E-state index >= 15 is 0 Å². The van der Waals surface area contributed by atoms with E-state index in [0.29, 0.717) is 0 Å². The first kappa shape index (κ1) is 12.4. The molecule has 1 aliphatic rings. The molecule has 0 saturated carbocycles. The van der Waals surface area contributed by atoms with Crippen LogP contribution >= 0.6 is 0 Å². The van der Waals surface area contributed by atoms with Crippen LogP contribution in [0.2, 0.25) is 0 Å². The first-order chi connectivity index (χ1) is 7.98. The van der Waals surface area contributed by atoms with E-state index in [0.717, 1.165) is 30.4 Å². The minimum atomic E-state index is -4.51. The largest absolute Gasteiger partial charge is 0.414 e. The highest BCUT2D eigenvalue weighted by Gasteiger charge is 2.40. The quantitative estimate of drug-likeness (QED) is 0.845. The lowest BCUT2D eigenvalue weighted by molar-refractivity contribution is -0.206. The van der Waals surface area contributed by atoms with E-state index in [1.54, 1.807) is 0 Å². The third-order valence-corrected chi connectivity index (χ3v) is 3.38. The van der Waals surface area contributed by atoms with Gasteiger partial charge < -0.3 is 5.11 Å². The molecule has 0 amide bonds. The highest BCUT2D eigenvalue weighted by atomic mass is 19.4. The molecule has 0 fully saturated rings. The predicted octanol–water partition coefficient (Wildman–Crippen LogP) is 3.42. The molecule has 0 aliphatic heterocycles. The van der Waals surface area contributed by atoms with Crippen molar-refractivity contribution in [3.8, 4) is 0 Å². The summed E-state index contributed by atoms with van der Waals surface area (Å²) < 4.78 is 37.0. The average Bonchev–Trinajstić information content (AvgIpc) is 2.28. The number of hydrogen-bond acceptors (Lipinski definition) is 1. The fourth-order valence-corrected chi connectivity index (χ4v) is 2.50. The topological polar surface area (TPSA) is 20.2 Å². The van der Waals surface area contributed by atoms with Gasteiger partial charge in [0.25, 0.3) is 0 Å². The SMILES string of the molecule is O[C@H](CC1CCCc2ccccc21)C(F)(F)F. The zero-order chi connectivity index (χ0) is 12.5. The van der Waals surface area contributed by atoms with Crippen LogP contribution < -0.4 is 0 Å². The van der Waals surface area contributed by atoms with E-state index in [9.17, 15) is 13.2 Å². The number of halogens is 3. The summed E-state index contributed by atoms with van der Waals surface area (Å²) in [6.07, 6.45) is -4.39. The van der Waals surface area contributed by atoms with Crippen molar-refractivity contribution < 1.29 is 18.3 Å². The molecule has 1 aromatic rings. The van der Waals surface area contributed by atoms with Crippen LogP contribution in [0.1, 0.15) is 36.3 Å². The minimum Gasteiger partial charge on any atom is -0.384 e. The zero-order valence-corrected chi connectivity index (χ0v) is 9.37. The van der Waals surface area contributed by atoms with Crippen LogP contribution in [-0.4, -0.2) is 17.4 Å². The number of aryl methyl sites for hydroxylation is 1. The fraction of sp³-hybridized carbons (Fsp3) is 0.538. The van der Waals surface area contributed by atoms with Crippen LogP contribution in [0.15, 0.2) is 24.3 Å². The van der Waals surface area contributed by atoms with Gasteiger partial charge in [-0.2, -0.15) is 13.2 Å². The lowest BCUT2D eigenvalue weighted by Gasteiger charge is -2.27. The van der Waals surface area contributed by atoms with Gasteiger partial charge in [0.15, 0.2) is 0 Å². The number of rotatable bonds is 2. The van der Waals surface area contributed by atoms with Gasteiger partial charge in [0.05, 0.1) is 0 Å². The molecule has 1 nitrogen and oxygen atoms in total.